The average Bonchev–Trinajstić information content (AvgIpc) is 2.78. The molecule has 0 aliphatic heterocycles. The van der Waals surface area contributed by atoms with Gasteiger partial charge in [0, 0.05) is 13.0 Å². The van der Waals surface area contributed by atoms with Crippen molar-refractivity contribution in [2.24, 2.45) is 11.7 Å². The third-order valence-corrected chi connectivity index (χ3v) is 4.08. The van der Waals surface area contributed by atoms with Crippen molar-refractivity contribution in [1.82, 2.24) is 5.32 Å². The molecule has 1 amide bonds. The van der Waals surface area contributed by atoms with Gasteiger partial charge in [-0.25, -0.2) is 0 Å². The second-order valence-corrected chi connectivity index (χ2v) is 5.74. The Hall–Kier alpha value is -0.580. The first-order valence-corrected chi connectivity index (χ1v) is 6.94. The van der Waals surface area contributed by atoms with Crippen LogP contribution in [0.3, 0.4) is 0 Å². The summed E-state index contributed by atoms with van der Waals surface area (Å²) in [5, 5.41) is 7.16. The van der Waals surface area contributed by atoms with E-state index in [-0.39, 0.29) is 23.9 Å². The highest BCUT2D eigenvalue weighted by Gasteiger charge is 2.28. The summed E-state index contributed by atoms with van der Waals surface area (Å²) in [4.78, 5) is 11.9. The van der Waals surface area contributed by atoms with Crippen LogP contribution in [0.2, 0.25) is 0 Å². The molecule has 0 saturated carbocycles. The van der Waals surface area contributed by atoms with E-state index in [0.717, 1.165) is 6.42 Å². The first kappa shape index (κ1) is 17.4. The maximum absolute atomic E-state index is 11.9. The van der Waals surface area contributed by atoms with E-state index in [1.165, 1.54) is 5.56 Å². The van der Waals surface area contributed by atoms with Crippen LogP contribution in [0.15, 0.2) is 16.8 Å². The topological polar surface area (TPSA) is 55.1 Å². The molecule has 1 aromatic heterocycles. The predicted octanol–water partition coefficient (Wildman–Crippen LogP) is 2.59. The number of hydrogen-bond acceptors (Lipinski definition) is 3. The quantitative estimate of drug-likeness (QED) is 0.846. The predicted molar refractivity (Wildman–Crippen MR) is 80.3 cm³/mol. The highest BCUT2D eigenvalue weighted by atomic mass is 35.5. The lowest BCUT2D eigenvalue weighted by Gasteiger charge is -2.33. The second kappa shape index (κ2) is 7.77. The Balaban J connectivity index is 0.00000289. The van der Waals surface area contributed by atoms with Crippen LogP contribution < -0.4 is 11.1 Å². The number of thiophene rings is 1. The summed E-state index contributed by atoms with van der Waals surface area (Å²) in [6.07, 6.45) is 1.33. The van der Waals surface area contributed by atoms with Crippen molar-refractivity contribution in [3.63, 3.8) is 0 Å². The minimum Gasteiger partial charge on any atom is -0.349 e. The van der Waals surface area contributed by atoms with Gasteiger partial charge in [-0.05, 0) is 41.7 Å². The molecule has 1 aromatic rings. The summed E-state index contributed by atoms with van der Waals surface area (Å²) in [7, 11) is 0. The summed E-state index contributed by atoms with van der Waals surface area (Å²) in [5.41, 5.74) is 6.66. The number of aryl methyl sites for hydroxylation is 1. The van der Waals surface area contributed by atoms with Gasteiger partial charge in [0.1, 0.15) is 0 Å². The van der Waals surface area contributed by atoms with Crippen molar-refractivity contribution < 1.29 is 4.79 Å². The molecule has 1 unspecified atom stereocenters. The summed E-state index contributed by atoms with van der Waals surface area (Å²) >= 11 is 1.66. The van der Waals surface area contributed by atoms with E-state index in [9.17, 15) is 4.79 Å². The molecule has 3 N–H and O–H groups in total. The molecular weight excluding hydrogens is 268 g/mol. The summed E-state index contributed by atoms with van der Waals surface area (Å²) in [5.74, 6) is 0.412. The van der Waals surface area contributed by atoms with E-state index in [4.69, 9.17) is 5.73 Å². The Morgan fingerprint density at radius 3 is 2.67 bits per heavy atom. The molecule has 0 aliphatic carbocycles. The van der Waals surface area contributed by atoms with Crippen LogP contribution in [0.5, 0.6) is 0 Å². The number of hydrogen-bond donors (Lipinski definition) is 2. The number of nitrogens with two attached hydrogens (primary N) is 1. The third kappa shape index (κ3) is 4.96. The van der Waals surface area contributed by atoms with Crippen LogP contribution in [0.4, 0.5) is 0 Å². The third-order valence-electron chi connectivity index (χ3n) is 3.34. The summed E-state index contributed by atoms with van der Waals surface area (Å²) in [6, 6.07) is 2.06. The highest BCUT2D eigenvalue weighted by molar-refractivity contribution is 7.07. The first-order chi connectivity index (χ1) is 7.98. The fraction of sp³-hybridized carbons (Fsp3) is 0.615. The maximum Gasteiger partial charge on any atom is 0.220 e. The smallest absolute Gasteiger partial charge is 0.220 e. The lowest BCUT2D eigenvalue weighted by atomic mass is 9.88. The minimum atomic E-state index is -0.300. The van der Waals surface area contributed by atoms with Gasteiger partial charge in [-0.2, -0.15) is 11.3 Å². The van der Waals surface area contributed by atoms with E-state index in [1.54, 1.807) is 11.3 Å². The number of rotatable bonds is 6. The van der Waals surface area contributed by atoms with Crippen LogP contribution in [0.1, 0.15) is 32.8 Å². The zero-order valence-corrected chi connectivity index (χ0v) is 12.9. The van der Waals surface area contributed by atoms with Crippen molar-refractivity contribution in [3.8, 4) is 0 Å². The normalized spacial score (nSPS) is 13.8. The Morgan fingerprint density at radius 2 is 2.22 bits per heavy atom. The van der Waals surface area contributed by atoms with Gasteiger partial charge < -0.3 is 11.1 Å². The fourth-order valence-electron chi connectivity index (χ4n) is 1.50. The zero-order valence-electron chi connectivity index (χ0n) is 11.2. The number of halogens is 1. The molecule has 104 valence electrons. The van der Waals surface area contributed by atoms with Gasteiger partial charge in [0.15, 0.2) is 0 Å². The number of carbonyl (C=O) groups is 1. The van der Waals surface area contributed by atoms with E-state index in [2.05, 4.69) is 30.6 Å². The van der Waals surface area contributed by atoms with Crippen LogP contribution >= 0.6 is 23.7 Å². The lowest BCUT2D eigenvalue weighted by molar-refractivity contribution is -0.123. The first-order valence-electron chi connectivity index (χ1n) is 6.00. The molecule has 3 nitrogen and oxygen atoms in total. The van der Waals surface area contributed by atoms with Gasteiger partial charge in [-0.1, -0.05) is 13.8 Å². The number of carbonyl (C=O) groups excluding carboxylic acids is 1. The molecule has 0 radical (unpaired) electrons. The molecule has 0 aromatic carbocycles. The van der Waals surface area contributed by atoms with Gasteiger partial charge in [0.2, 0.25) is 5.91 Å². The van der Waals surface area contributed by atoms with Crippen LogP contribution in [-0.2, 0) is 11.2 Å². The fourth-order valence-corrected chi connectivity index (χ4v) is 2.21. The second-order valence-electron chi connectivity index (χ2n) is 4.96. The molecule has 18 heavy (non-hydrogen) atoms. The van der Waals surface area contributed by atoms with Crippen molar-refractivity contribution >= 4 is 29.7 Å². The molecule has 0 aliphatic rings. The molecule has 0 saturated heterocycles. The monoisotopic (exact) mass is 290 g/mol. The Labute approximate surface area is 120 Å². The molecule has 1 atom stereocenters. The molecule has 1 heterocycles. The van der Waals surface area contributed by atoms with Crippen molar-refractivity contribution in [2.45, 2.75) is 39.2 Å². The molecule has 5 heteroatoms. The van der Waals surface area contributed by atoms with Crippen LogP contribution in [0, 0.1) is 5.92 Å². The SMILES string of the molecule is CC(C)C(C)(CN)NC(=O)CCc1ccsc1.Cl. The van der Waals surface area contributed by atoms with Crippen LogP contribution in [-0.4, -0.2) is 18.0 Å². The van der Waals surface area contributed by atoms with Crippen molar-refractivity contribution in [2.75, 3.05) is 6.54 Å². The minimum absolute atomic E-state index is 0. The summed E-state index contributed by atoms with van der Waals surface area (Å²) < 4.78 is 0. The van der Waals surface area contributed by atoms with Crippen molar-refractivity contribution in [1.29, 1.82) is 0 Å². The lowest BCUT2D eigenvalue weighted by Crippen LogP contribution is -2.55. The summed E-state index contributed by atoms with van der Waals surface area (Å²) in [6.45, 7) is 6.62. The average molecular weight is 291 g/mol. The largest absolute Gasteiger partial charge is 0.349 e. The Kier molecular flexibility index (Phi) is 7.52. The molecule has 0 bridgehead atoms. The Bertz CT molecular complexity index is 354. The van der Waals surface area contributed by atoms with E-state index in [0.29, 0.717) is 18.9 Å². The van der Waals surface area contributed by atoms with Gasteiger partial charge in [-0.3, -0.25) is 4.79 Å². The molecular formula is C13H23ClN2OS. The zero-order chi connectivity index (χ0) is 12.9. The van der Waals surface area contributed by atoms with Crippen molar-refractivity contribution in [3.05, 3.63) is 22.4 Å². The van der Waals surface area contributed by atoms with Gasteiger partial charge in [-0.15, -0.1) is 12.4 Å². The maximum atomic E-state index is 11.9. The Morgan fingerprint density at radius 1 is 1.56 bits per heavy atom. The standard InChI is InChI=1S/C13H22N2OS.ClH/c1-10(2)13(3,9-14)15-12(16)5-4-11-6-7-17-8-11;/h6-8,10H,4-5,9,14H2,1-3H3,(H,15,16);1H. The van der Waals surface area contributed by atoms with E-state index < -0.39 is 0 Å². The molecule has 0 spiro atoms. The van der Waals surface area contributed by atoms with E-state index >= 15 is 0 Å². The van der Waals surface area contributed by atoms with Crippen LogP contribution in [0.25, 0.3) is 0 Å². The highest BCUT2D eigenvalue weighted by Crippen LogP contribution is 2.15. The van der Waals surface area contributed by atoms with E-state index in [1.807, 2.05) is 12.3 Å². The number of nitrogens with one attached hydrogen (secondary N) is 1. The van der Waals surface area contributed by atoms with Gasteiger partial charge in [0.25, 0.3) is 0 Å². The number of amides is 1. The van der Waals surface area contributed by atoms with Gasteiger partial charge >= 0.3 is 0 Å². The van der Waals surface area contributed by atoms with Gasteiger partial charge in [0.05, 0.1) is 5.54 Å². The molecule has 1 rings (SSSR count). The molecule has 0 fully saturated rings.